The largest absolute Gasteiger partial charge is 0.497 e. The Morgan fingerprint density at radius 1 is 1.24 bits per heavy atom. The summed E-state index contributed by atoms with van der Waals surface area (Å²) in [6, 6.07) is 10.1. The minimum atomic E-state index is -0.350. The molecule has 0 saturated heterocycles. The fourth-order valence-corrected chi connectivity index (χ4v) is 2.50. The van der Waals surface area contributed by atoms with Gasteiger partial charge in [-0.1, -0.05) is 0 Å². The Morgan fingerprint density at radius 3 is 2.71 bits per heavy atom. The summed E-state index contributed by atoms with van der Waals surface area (Å²) < 4.78 is 20.5. The van der Waals surface area contributed by atoms with Crippen LogP contribution in [0.2, 0.25) is 0 Å². The Bertz CT molecular complexity index is 811. The number of nitrogens with two attached hydrogens (primary N) is 1. The first kappa shape index (κ1) is 13.4. The lowest BCUT2D eigenvalue weighted by Gasteiger charge is -2.08. The van der Waals surface area contributed by atoms with Crippen LogP contribution in [0.15, 0.2) is 36.4 Å². The molecule has 1 heterocycles. The van der Waals surface area contributed by atoms with Gasteiger partial charge in [0.15, 0.2) is 0 Å². The van der Waals surface area contributed by atoms with E-state index in [1.165, 1.54) is 12.1 Å². The highest BCUT2D eigenvalue weighted by Crippen LogP contribution is 2.30. The number of rotatable bonds is 3. The lowest BCUT2D eigenvalue weighted by atomic mass is 10.1. The van der Waals surface area contributed by atoms with E-state index in [1.54, 1.807) is 13.2 Å². The number of imidazole rings is 1. The zero-order valence-electron chi connectivity index (χ0n) is 11.9. The number of benzene rings is 2. The van der Waals surface area contributed by atoms with Gasteiger partial charge in [0, 0.05) is 23.9 Å². The molecule has 0 atom stereocenters. The van der Waals surface area contributed by atoms with Crippen molar-refractivity contribution in [2.45, 2.75) is 13.5 Å². The number of methoxy groups -OCH3 is 1. The van der Waals surface area contributed by atoms with Gasteiger partial charge in [0.05, 0.1) is 18.1 Å². The predicted octanol–water partition coefficient (Wildman–Crippen LogP) is 3.45. The number of anilines is 1. The first-order valence-corrected chi connectivity index (χ1v) is 6.73. The smallest absolute Gasteiger partial charge is 0.143 e. The van der Waals surface area contributed by atoms with Gasteiger partial charge < -0.3 is 15.0 Å². The summed E-state index contributed by atoms with van der Waals surface area (Å²) in [6.07, 6.45) is 0. The van der Waals surface area contributed by atoms with E-state index in [1.807, 2.05) is 25.1 Å². The number of nitrogens with zero attached hydrogens (tertiary/aromatic N) is 2. The molecule has 108 valence electrons. The average Bonchev–Trinajstić information content (AvgIpc) is 2.84. The molecule has 2 aromatic carbocycles. The van der Waals surface area contributed by atoms with Crippen molar-refractivity contribution >= 4 is 16.7 Å². The minimum absolute atomic E-state index is 0.350. The summed E-state index contributed by atoms with van der Waals surface area (Å²) in [5, 5.41) is 0. The highest BCUT2D eigenvalue weighted by atomic mass is 19.1. The van der Waals surface area contributed by atoms with E-state index < -0.39 is 0 Å². The third-order valence-corrected chi connectivity index (χ3v) is 3.53. The Hall–Kier alpha value is -2.56. The number of aromatic nitrogens is 2. The lowest BCUT2D eigenvalue weighted by Crippen LogP contribution is -2.00. The molecule has 2 N–H and O–H groups in total. The highest BCUT2D eigenvalue weighted by Gasteiger charge is 2.14. The average molecular weight is 285 g/mol. The Labute approximate surface area is 122 Å². The van der Waals surface area contributed by atoms with Crippen LogP contribution in [-0.4, -0.2) is 16.7 Å². The minimum Gasteiger partial charge on any atom is -0.497 e. The third kappa shape index (κ3) is 2.20. The number of fused-ring (bicyclic) bond motifs is 1. The Kier molecular flexibility index (Phi) is 3.25. The summed E-state index contributed by atoms with van der Waals surface area (Å²) in [7, 11) is 1.62. The maximum Gasteiger partial charge on any atom is 0.143 e. The predicted molar refractivity (Wildman–Crippen MR) is 81.8 cm³/mol. The molecule has 5 heteroatoms. The number of hydrogen-bond donors (Lipinski definition) is 1. The standard InChI is InChI=1S/C16H16FN3O/c1-3-20-15-7-5-11(21-2)9-14(15)19-16(20)12-6-4-10(17)8-13(12)18/h4-9H,3,18H2,1-2H3. The summed E-state index contributed by atoms with van der Waals surface area (Å²) in [6.45, 7) is 2.78. The van der Waals surface area contributed by atoms with Gasteiger partial charge in [-0.05, 0) is 37.3 Å². The van der Waals surface area contributed by atoms with Gasteiger partial charge in [-0.3, -0.25) is 0 Å². The number of halogens is 1. The molecule has 0 fully saturated rings. The van der Waals surface area contributed by atoms with E-state index in [4.69, 9.17) is 10.5 Å². The Morgan fingerprint density at radius 2 is 2.05 bits per heavy atom. The topological polar surface area (TPSA) is 53.1 Å². The molecule has 0 unspecified atom stereocenters. The fraction of sp³-hybridized carbons (Fsp3) is 0.188. The first-order chi connectivity index (χ1) is 10.1. The van der Waals surface area contributed by atoms with E-state index in [0.29, 0.717) is 5.69 Å². The number of aryl methyl sites for hydroxylation is 1. The molecule has 0 aliphatic rings. The molecule has 4 nitrogen and oxygen atoms in total. The second-order valence-electron chi connectivity index (χ2n) is 4.77. The second-order valence-corrected chi connectivity index (χ2v) is 4.77. The molecule has 21 heavy (non-hydrogen) atoms. The molecule has 0 bridgehead atoms. The van der Waals surface area contributed by atoms with Gasteiger partial charge in [0.1, 0.15) is 17.4 Å². The quantitative estimate of drug-likeness (QED) is 0.750. The lowest BCUT2D eigenvalue weighted by molar-refractivity contribution is 0.415. The van der Waals surface area contributed by atoms with E-state index >= 15 is 0 Å². The van der Waals surface area contributed by atoms with Crippen LogP contribution in [0.4, 0.5) is 10.1 Å². The van der Waals surface area contributed by atoms with E-state index in [9.17, 15) is 4.39 Å². The van der Waals surface area contributed by atoms with Crippen LogP contribution >= 0.6 is 0 Å². The fourth-order valence-electron chi connectivity index (χ4n) is 2.50. The zero-order valence-corrected chi connectivity index (χ0v) is 11.9. The van der Waals surface area contributed by atoms with Crippen LogP contribution in [-0.2, 0) is 6.54 Å². The first-order valence-electron chi connectivity index (χ1n) is 6.73. The third-order valence-electron chi connectivity index (χ3n) is 3.53. The molecule has 0 saturated carbocycles. The van der Waals surface area contributed by atoms with Crippen molar-refractivity contribution in [3.05, 3.63) is 42.2 Å². The molecule has 0 spiro atoms. The van der Waals surface area contributed by atoms with Crippen LogP contribution in [0.5, 0.6) is 5.75 Å². The molecule has 0 amide bonds. The van der Waals surface area contributed by atoms with Crippen molar-refractivity contribution in [3.63, 3.8) is 0 Å². The van der Waals surface area contributed by atoms with Crippen molar-refractivity contribution in [3.8, 4) is 17.1 Å². The van der Waals surface area contributed by atoms with Crippen LogP contribution in [0, 0.1) is 5.82 Å². The van der Waals surface area contributed by atoms with Crippen molar-refractivity contribution in [1.82, 2.24) is 9.55 Å². The van der Waals surface area contributed by atoms with Gasteiger partial charge in [0.25, 0.3) is 0 Å². The molecular weight excluding hydrogens is 269 g/mol. The maximum absolute atomic E-state index is 13.2. The van der Waals surface area contributed by atoms with E-state index in [-0.39, 0.29) is 5.82 Å². The number of nitrogen functional groups attached to an aromatic ring is 1. The van der Waals surface area contributed by atoms with Crippen molar-refractivity contribution in [1.29, 1.82) is 0 Å². The van der Waals surface area contributed by atoms with E-state index in [2.05, 4.69) is 9.55 Å². The summed E-state index contributed by atoms with van der Waals surface area (Å²) in [5.41, 5.74) is 8.87. The molecule has 0 aliphatic heterocycles. The summed E-state index contributed by atoms with van der Waals surface area (Å²) in [5.74, 6) is 1.14. The van der Waals surface area contributed by atoms with Gasteiger partial charge in [-0.25, -0.2) is 9.37 Å². The molecule has 0 aliphatic carbocycles. The van der Waals surface area contributed by atoms with Crippen LogP contribution in [0.3, 0.4) is 0 Å². The van der Waals surface area contributed by atoms with Gasteiger partial charge in [0.2, 0.25) is 0 Å². The highest BCUT2D eigenvalue weighted by molar-refractivity contribution is 5.84. The molecule has 0 radical (unpaired) electrons. The van der Waals surface area contributed by atoms with Crippen molar-refractivity contribution in [2.75, 3.05) is 12.8 Å². The summed E-state index contributed by atoms with van der Waals surface area (Å²) >= 11 is 0. The van der Waals surface area contributed by atoms with Crippen LogP contribution in [0.1, 0.15) is 6.92 Å². The zero-order chi connectivity index (χ0) is 15.0. The normalized spacial score (nSPS) is 11.0. The monoisotopic (exact) mass is 285 g/mol. The van der Waals surface area contributed by atoms with Crippen molar-refractivity contribution in [2.24, 2.45) is 0 Å². The van der Waals surface area contributed by atoms with Crippen molar-refractivity contribution < 1.29 is 9.13 Å². The SMILES string of the molecule is CCn1c(-c2ccc(F)cc2N)nc2cc(OC)ccc21. The number of hydrogen-bond acceptors (Lipinski definition) is 3. The molecule has 1 aromatic heterocycles. The van der Waals surface area contributed by atoms with Crippen LogP contribution < -0.4 is 10.5 Å². The van der Waals surface area contributed by atoms with E-state index in [0.717, 1.165) is 34.7 Å². The van der Waals surface area contributed by atoms with Gasteiger partial charge in [-0.2, -0.15) is 0 Å². The maximum atomic E-state index is 13.2. The number of ether oxygens (including phenoxy) is 1. The van der Waals surface area contributed by atoms with Gasteiger partial charge in [-0.15, -0.1) is 0 Å². The Balaban J connectivity index is 2.26. The molecular formula is C16H16FN3O. The second kappa shape index (κ2) is 5.09. The summed E-state index contributed by atoms with van der Waals surface area (Å²) in [4.78, 5) is 4.63. The molecule has 3 rings (SSSR count). The van der Waals surface area contributed by atoms with Gasteiger partial charge >= 0.3 is 0 Å². The molecule has 3 aromatic rings. The van der Waals surface area contributed by atoms with Crippen LogP contribution in [0.25, 0.3) is 22.4 Å².